The van der Waals surface area contributed by atoms with Gasteiger partial charge >= 0.3 is 0 Å². The SMILES string of the molecule is O=C([C@@H]1CCCNC1)N1CC(O)C1. The van der Waals surface area contributed by atoms with E-state index in [4.69, 9.17) is 5.11 Å². The van der Waals surface area contributed by atoms with Gasteiger partial charge in [0.25, 0.3) is 0 Å². The molecule has 0 spiro atoms. The Morgan fingerprint density at radius 2 is 2.23 bits per heavy atom. The van der Waals surface area contributed by atoms with E-state index >= 15 is 0 Å². The van der Waals surface area contributed by atoms with Gasteiger partial charge in [0.05, 0.1) is 12.0 Å². The third-order valence-corrected chi connectivity index (χ3v) is 2.82. The monoisotopic (exact) mass is 184 g/mol. The molecule has 2 aliphatic heterocycles. The third kappa shape index (κ3) is 1.84. The predicted octanol–water partition coefficient (Wildman–Crippen LogP) is -0.811. The van der Waals surface area contributed by atoms with E-state index in [0.717, 1.165) is 25.9 Å². The first kappa shape index (κ1) is 8.97. The number of aliphatic hydroxyl groups excluding tert-OH is 1. The van der Waals surface area contributed by atoms with E-state index in [2.05, 4.69) is 5.32 Å². The number of piperidine rings is 1. The lowest BCUT2D eigenvalue weighted by Crippen LogP contribution is -2.56. The van der Waals surface area contributed by atoms with Crippen LogP contribution in [0.15, 0.2) is 0 Å². The van der Waals surface area contributed by atoms with Gasteiger partial charge in [-0.1, -0.05) is 0 Å². The summed E-state index contributed by atoms with van der Waals surface area (Å²) in [5.74, 6) is 0.374. The molecule has 0 aromatic carbocycles. The number of β-amino-alcohol motifs (C(OH)–C–C–N with tert-alkyl or cyclic N) is 1. The van der Waals surface area contributed by atoms with Crippen LogP contribution in [0, 0.1) is 5.92 Å². The van der Waals surface area contributed by atoms with Gasteiger partial charge in [-0.25, -0.2) is 0 Å². The van der Waals surface area contributed by atoms with E-state index in [1.807, 2.05) is 0 Å². The van der Waals surface area contributed by atoms with E-state index in [-0.39, 0.29) is 17.9 Å². The molecule has 4 nitrogen and oxygen atoms in total. The van der Waals surface area contributed by atoms with E-state index in [1.165, 1.54) is 0 Å². The summed E-state index contributed by atoms with van der Waals surface area (Å²) >= 11 is 0. The Morgan fingerprint density at radius 1 is 1.46 bits per heavy atom. The summed E-state index contributed by atoms with van der Waals surface area (Å²) in [6.45, 7) is 2.92. The smallest absolute Gasteiger partial charge is 0.227 e. The first-order chi connectivity index (χ1) is 6.27. The van der Waals surface area contributed by atoms with Crippen LogP contribution in [0.5, 0.6) is 0 Å². The molecule has 1 atom stereocenters. The molecular weight excluding hydrogens is 168 g/mol. The van der Waals surface area contributed by atoms with Gasteiger partial charge in [-0.3, -0.25) is 4.79 Å². The summed E-state index contributed by atoms with van der Waals surface area (Å²) < 4.78 is 0. The standard InChI is InChI=1S/C9H16N2O2/c12-8-5-11(6-8)9(13)7-2-1-3-10-4-7/h7-8,10,12H,1-6H2/t7-/m1/s1. The number of rotatable bonds is 1. The molecule has 74 valence electrons. The van der Waals surface area contributed by atoms with E-state index in [1.54, 1.807) is 4.90 Å². The molecule has 2 aliphatic rings. The first-order valence-corrected chi connectivity index (χ1v) is 4.95. The maximum atomic E-state index is 11.7. The topological polar surface area (TPSA) is 52.6 Å². The number of hydrogen-bond donors (Lipinski definition) is 2. The predicted molar refractivity (Wildman–Crippen MR) is 48.2 cm³/mol. The third-order valence-electron chi connectivity index (χ3n) is 2.82. The van der Waals surface area contributed by atoms with Gasteiger partial charge in [-0.15, -0.1) is 0 Å². The Kier molecular flexibility index (Phi) is 2.51. The van der Waals surface area contributed by atoms with Crippen molar-refractivity contribution in [1.29, 1.82) is 0 Å². The average molecular weight is 184 g/mol. The second kappa shape index (κ2) is 3.64. The molecule has 2 rings (SSSR count). The second-order valence-electron chi connectivity index (χ2n) is 3.94. The Balaban J connectivity index is 1.82. The maximum absolute atomic E-state index is 11.7. The van der Waals surface area contributed by atoms with Crippen molar-refractivity contribution in [2.45, 2.75) is 18.9 Å². The van der Waals surface area contributed by atoms with Gasteiger partial charge in [0.2, 0.25) is 5.91 Å². The molecule has 0 saturated carbocycles. The summed E-state index contributed by atoms with van der Waals surface area (Å²) in [7, 11) is 0. The zero-order valence-electron chi connectivity index (χ0n) is 7.70. The molecular formula is C9H16N2O2. The molecule has 0 bridgehead atoms. The highest BCUT2D eigenvalue weighted by Crippen LogP contribution is 2.17. The fourth-order valence-corrected chi connectivity index (χ4v) is 1.96. The van der Waals surface area contributed by atoms with Crippen molar-refractivity contribution in [1.82, 2.24) is 10.2 Å². The van der Waals surface area contributed by atoms with Crippen molar-refractivity contribution < 1.29 is 9.90 Å². The van der Waals surface area contributed by atoms with Gasteiger partial charge in [0, 0.05) is 19.6 Å². The molecule has 0 radical (unpaired) electrons. The number of carbonyl (C=O) groups excluding carboxylic acids is 1. The fourth-order valence-electron chi connectivity index (χ4n) is 1.96. The number of aliphatic hydroxyl groups is 1. The van der Waals surface area contributed by atoms with Gasteiger partial charge < -0.3 is 15.3 Å². The van der Waals surface area contributed by atoms with Crippen molar-refractivity contribution in [2.24, 2.45) is 5.92 Å². The molecule has 0 aromatic heterocycles. The zero-order chi connectivity index (χ0) is 9.26. The molecule has 2 N–H and O–H groups in total. The Hall–Kier alpha value is -0.610. The number of amides is 1. The molecule has 4 heteroatoms. The van der Waals surface area contributed by atoms with Crippen LogP contribution in [0.3, 0.4) is 0 Å². The van der Waals surface area contributed by atoms with E-state index < -0.39 is 0 Å². The maximum Gasteiger partial charge on any atom is 0.227 e. The van der Waals surface area contributed by atoms with Crippen molar-refractivity contribution >= 4 is 5.91 Å². The van der Waals surface area contributed by atoms with Crippen LogP contribution in [0.2, 0.25) is 0 Å². The second-order valence-corrected chi connectivity index (χ2v) is 3.94. The van der Waals surface area contributed by atoms with Gasteiger partial charge in [-0.05, 0) is 19.4 Å². The minimum absolute atomic E-state index is 0.154. The van der Waals surface area contributed by atoms with E-state index in [0.29, 0.717) is 13.1 Å². The average Bonchev–Trinajstić information content (AvgIpc) is 2.13. The van der Waals surface area contributed by atoms with Crippen LogP contribution in [0.4, 0.5) is 0 Å². The number of likely N-dealkylation sites (tertiary alicyclic amines) is 1. The zero-order valence-corrected chi connectivity index (χ0v) is 7.70. The highest BCUT2D eigenvalue weighted by atomic mass is 16.3. The molecule has 2 heterocycles. The van der Waals surface area contributed by atoms with E-state index in [9.17, 15) is 4.79 Å². The molecule has 0 aromatic rings. The van der Waals surface area contributed by atoms with Crippen LogP contribution in [0.1, 0.15) is 12.8 Å². The minimum Gasteiger partial charge on any atom is -0.389 e. The summed E-state index contributed by atoms with van der Waals surface area (Å²) in [6.07, 6.45) is 1.81. The molecule has 1 amide bonds. The lowest BCUT2D eigenvalue weighted by atomic mass is 9.96. The normalized spacial score (nSPS) is 29.9. The summed E-state index contributed by atoms with van der Waals surface area (Å²) in [6, 6.07) is 0. The highest BCUT2D eigenvalue weighted by Gasteiger charge is 2.33. The Labute approximate surface area is 77.9 Å². The van der Waals surface area contributed by atoms with Crippen molar-refractivity contribution in [3.05, 3.63) is 0 Å². The Bertz CT molecular complexity index is 196. The van der Waals surface area contributed by atoms with Crippen molar-refractivity contribution in [2.75, 3.05) is 26.2 Å². The molecule has 0 unspecified atom stereocenters. The largest absolute Gasteiger partial charge is 0.389 e. The molecule has 13 heavy (non-hydrogen) atoms. The minimum atomic E-state index is -0.277. The number of carbonyl (C=O) groups is 1. The number of nitrogens with one attached hydrogen (secondary N) is 1. The molecule has 2 fully saturated rings. The van der Waals surface area contributed by atoms with Crippen molar-refractivity contribution in [3.8, 4) is 0 Å². The fraction of sp³-hybridized carbons (Fsp3) is 0.889. The van der Waals surface area contributed by atoms with Crippen LogP contribution in [-0.4, -0.2) is 48.2 Å². The van der Waals surface area contributed by atoms with Crippen molar-refractivity contribution in [3.63, 3.8) is 0 Å². The van der Waals surface area contributed by atoms with Gasteiger partial charge in [0.1, 0.15) is 0 Å². The lowest BCUT2D eigenvalue weighted by Gasteiger charge is -2.39. The summed E-state index contributed by atoms with van der Waals surface area (Å²) in [5.41, 5.74) is 0. The summed E-state index contributed by atoms with van der Waals surface area (Å²) in [5, 5.41) is 12.3. The Morgan fingerprint density at radius 3 is 2.77 bits per heavy atom. The summed E-state index contributed by atoms with van der Waals surface area (Å²) in [4.78, 5) is 13.5. The molecule has 2 saturated heterocycles. The quantitative estimate of drug-likeness (QED) is 0.560. The lowest BCUT2D eigenvalue weighted by molar-refractivity contribution is -0.146. The van der Waals surface area contributed by atoms with Crippen LogP contribution in [0.25, 0.3) is 0 Å². The van der Waals surface area contributed by atoms with Crippen LogP contribution < -0.4 is 5.32 Å². The highest BCUT2D eigenvalue weighted by molar-refractivity contribution is 5.80. The number of nitrogens with zero attached hydrogens (tertiary/aromatic N) is 1. The number of hydrogen-bond acceptors (Lipinski definition) is 3. The van der Waals surface area contributed by atoms with Crippen LogP contribution in [-0.2, 0) is 4.79 Å². The first-order valence-electron chi connectivity index (χ1n) is 4.95. The molecule has 0 aliphatic carbocycles. The van der Waals surface area contributed by atoms with Crippen LogP contribution >= 0.6 is 0 Å². The van der Waals surface area contributed by atoms with Gasteiger partial charge in [0.15, 0.2) is 0 Å². The van der Waals surface area contributed by atoms with Gasteiger partial charge in [-0.2, -0.15) is 0 Å².